The van der Waals surface area contributed by atoms with Crippen molar-refractivity contribution in [3.63, 3.8) is 0 Å². The highest BCUT2D eigenvalue weighted by Crippen LogP contribution is 2.24. The Hall–Kier alpha value is -2.34. The fourth-order valence-corrected chi connectivity index (χ4v) is 2.14. The number of aliphatic hydroxyl groups excluding tert-OH is 1. The molecule has 2 atom stereocenters. The van der Waals surface area contributed by atoms with Gasteiger partial charge in [-0.25, -0.2) is 0 Å². The van der Waals surface area contributed by atoms with Crippen molar-refractivity contribution in [1.29, 1.82) is 0 Å². The summed E-state index contributed by atoms with van der Waals surface area (Å²) >= 11 is 0. The summed E-state index contributed by atoms with van der Waals surface area (Å²) in [6, 6.07) is 13.8. The van der Waals surface area contributed by atoms with Gasteiger partial charge in [0.1, 0.15) is 6.04 Å². The van der Waals surface area contributed by atoms with Gasteiger partial charge in [-0.15, -0.1) is 0 Å². The first-order chi connectivity index (χ1) is 10.9. The SMILES string of the molecule is O=C(NC(Cc1ccccc1)C(F)(F)F)C(O)c1ccccc1. The first kappa shape index (κ1) is 17.0. The van der Waals surface area contributed by atoms with Crippen molar-refractivity contribution < 1.29 is 23.1 Å². The summed E-state index contributed by atoms with van der Waals surface area (Å²) in [6.45, 7) is 0. The predicted octanol–water partition coefficient (Wildman–Crippen LogP) is 3.01. The molecule has 2 aromatic rings. The summed E-state index contributed by atoms with van der Waals surface area (Å²) in [6.07, 6.45) is -6.64. The van der Waals surface area contributed by atoms with Crippen molar-refractivity contribution >= 4 is 5.91 Å². The molecule has 0 fully saturated rings. The minimum atomic E-state index is -4.61. The van der Waals surface area contributed by atoms with Gasteiger partial charge < -0.3 is 10.4 Å². The van der Waals surface area contributed by atoms with Crippen LogP contribution in [0.4, 0.5) is 13.2 Å². The number of alkyl halides is 3. The molecule has 0 bridgehead atoms. The van der Waals surface area contributed by atoms with E-state index in [1.54, 1.807) is 48.5 Å². The van der Waals surface area contributed by atoms with Gasteiger partial charge in [0, 0.05) is 6.42 Å². The highest BCUT2D eigenvalue weighted by atomic mass is 19.4. The number of hydrogen-bond donors (Lipinski definition) is 2. The third kappa shape index (κ3) is 4.82. The molecule has 0 saturated heterocycles. The Bertz CT molecular complexity index is 629. The minimum absolute atomic E-state index is 0.241. The van der Waals surface area contributed by atoms with E-state index in [2.05, 4.69) is 0 Å². The van der Waals surface area contributed by atoms with E-state index in [1.807, 2.05) is 5.32 Å². The molecule has 0 aliphatic heterocycles. The van der Waals surface area contributed by atoms with Crippen LogP contribution in [0.1, 0.15) is 17.2 Å². The Morgan fingerprint density at radius 3 is 2.04 bits per heavy atom. The fourth-order valence-electron chi connectivity index (χ4n) is 2.14. The highest BCUT2D eigenvalue weighted by molar-refractivity contribution is 5.82. The molecule has 0 aromatic heterocycles. The van der Waals surface area contributed by atoms with Crippen LogP contribution in [0.5, 0.6) is 0 Å². The fraction of sp³-hybridized carbons (Fsp3) is 0.235. The highest BCUT2D eigenvalue weighted by Gasteiger charge is 2.41. The Balaban J connectivity index is 2.10. The molecule has 122 valence electrons. The third-order valence-electron chi connectivity index (χ3n) is 3.36. The zero-order valence-electron chi connectivity index (χ0n) is 12.1. The smallest absolute Gasteiger partial charge is 0.378 e. The number of halogens is 3. The number of carbonyl (C=O) groups is 1. The Morgan fingerprint density at radius 2 is 1.52 bits per heavy atom. The quantitative estimate of drug-likeness (QED) is 0.889. The second-order valence-corrected chi connectivity index (χ2v) is 5.11. The van der Waals surface area contributed by atoms with Crippen molar-refractivity contribution in [1.82, 2.24) is 5.32 Å². The molecule has 0 aliphatic rings. The summed E-state index contributed by atoms with van der Waals surface area (Å²) in [5.41, 5.74) is 0.690. The number of rotatable bonds is 5. The van der Waals surface area contributed by atoms with Gasteiger partial charge in [-0.05, 0) is 11.1 Å². The van der Waals surface area contributed by atoms with E-state index in [0.29, 0.717) is 5.56 Å². The summed E-state index contributed by atoms with van der Waals surface area (Å²) in [5, 5.41) is 11.8. The van der Waals surface area contributed by atoms with Crippen LogP contribution in [0.15, 0.2) is 60.7 Å². The van der Waals surface area contributed by atoms with E-state index in [0.717, 1.165) is 0 Å². The van der Waals surface area contributed by atoms with Crippen molar-refractivity contribution in [3.8, 4) is 0 Å². The van der Waals surface area contributed by atoms with Crippen LogP contribution in [-0.2, 0) is 11.2 Å². The lowest BCUT2D eigenvalue weighted by atomic mass is 10.0. The molecule has 6 heteroatoms. The predicted molar refractivity (Wildman–Crippen MR) is 79.5 cm³/mol. The Morgan fingerprint density at radius 1 is 1.00 bits per heavy atom. The summed E-state index contributed by atoms with van der Waals surface area (Å²) < 4.78 is 39.4. The second-order valence-electron chi connectivity index (χ2n) is 5.11. The lowest BCUT2D eigenvalue weighted by molar-refractivity contribution is -0.164. The van der Waals surface area contributed by atoms with Crippen LogP contribution in [0.25, 0.3) is 0 Å². The van der Waals surface area contributed by atoms with Gasteiger partial charge in [0.2, 0.25) is 0 Å². The molecule has 0 radical (unpaired) electrons. The molecule has 2 rings (SSSR count). The Labute approximate surface area is 131 Å². The standard InChI is InChI=1S/C17H16F3NO2/c18-17(19,20)14(11-12-7-3-1-4-8-12)21-16(23)15(22)13-9-5-2-6-10-13/h1-10,14-15,22H,11H2,(H,21,23). The van der Waals surface area contributed by atoms with Crippen molar-refractivity contribution in [3.05, 3.63) is 71.8 Å². The average molecular weight is 323 g/mol. The number of carbonyl (C=O) groups excluding carboxylic acids is 1. The van der Waals surface area contributed by atoms with E-state index in [1.165, 1.54) is 12.1 Å². The van der Waals surface area contributed by atoms with Crippen molar-refractivity contribution in [2.24, 2.45) is 0 Å². The minimum Gasteiger partial charge on any atom is -0.378 e. The maximum Gasteiger partial charge on any atom is 0.408 e. The monoisotopic (exact) mass is 323 g/mol. The van der Waals surface area contributed by atoms with Gasteiger partial charge in [-0.3, -0.25) is 4.79 Å². The number of aliphatic hydroxyl groups is 1. The molecule has 1 amide bonds. The molecule has 0 saturated carbocycles. The van der Waals surface area contributed by atoms with Crippen molar-refractivity contribution in [2.45, 2.75) is 24.7 Å². The molecular formula is C17H16F3NO2. The maximum atomic E-state index is 13.1. The van der Waals surface area contributed by atoms with Crippen LogP contribution in [0.2, 0.25) is 0 Å². The number of amides is 1. The largest absolute Gasteiger partial charge is 0.408 e. The molecular weight excluding hydrogens is 307 g/mol. The van der Waals surface area contributed by atoms with Gasteiger partial charge in [-0.1, -0.05) is 60.7 Å². The summed E-state index contributed by atoms with van der Waals surface area (Å²) in [5.74, 6) is -1.07. The zero-order chi connectivity index (χ0) is 16.9. The van der Waals surface area contributed by atoms with Crippen LogP contribution < -0.4 is 5.32 Å². The second kappa shape index (κ2) is 7.28. The first-order valence-corrected chi connectivity index (χ1v) is 7.02. The number of benzene rings is 2. The average Bonchev–Trinajstić information content (AvgIpc) is 2.54. The molecule has 2 aromatic carbocycles. The van der Waals surface area contributed by atoms with Crippen LogP contribution in [0.3, 0.4) is 0 Å². The molecule has 2 unspecified atom stereocenters. The topological polar surface area (TPSA) is 49.3 Å². The number of hydrogen-bond acceptors (Lipinski definition) is 2. The van der Waals surface area contributed by atoms with Crippen LogP contribution in [0, 0.1) is 0 Å². The molecule has 0 heterocycles. The third-order valence-corrected chi connectivity index (χ3v) is 3.36. The van der Waals surface area contributed by atoms with Gasteiger partial charge in [0.25, 0.3) is 5.91 Å². The van der Waals surface area contributed by atoms with Crippen LogP contribution >= 0.6 is 0 Å². The van der Waals surface area contributed by atoms with Gasteiger partial charge in [-0.2, -0.15) is 13.2 Å². The van der Waals surface area contributed by atoms with E-state index in [4.69, 9.17) is 0 Å². The molecule has 2 N–H and O–H groups in total. The normalized spacial score (nSPS) is 14.1. The van der Waals surface area contributed by atoms with E-state index < -0.39 is 30.7 Å². The number of nitrogens with one attached hydrogen (secondary N) is 1. The van der Waals surface area contributed by atoms with Gasteiger partial charge in [0.05, 0.1) is 0 Å². The van der Waals surface area contributed by atoms with Gasteiger partial charge in [0.15, 0.2) is 6.10 Å². The molecule has 3 nitrogen and oxygen atoms in total. The maximum absolute atomic E-state index is 13.1. The molecule has 0 spiro atoms. The first-order valence-electron chi connectivity index (χ1n) is 7.02. The zero-order valence-corrected chi connectivity index (χ0v) is 12.1. The van der Waals surface area contributed by atoms with E-state index >= 15 is 0 Å². The summed E-state index contributed by atoms with van der Waals surface area (Å²) in [7, 11) is 0. The lowest BCUT2D eigenvalue weighted by Crippen LogP contribution is -2.48. The van der Waals surface area contributed by atoms with Gasteiger partial charge >= 0.3 is 6.18 Å². The van der Waals surface area contributed by atoms with Crippen LogP contribution in [-0.4, -0.2) is 23.2 Å². The Kier molecular flexibility index (Phi) is 5.39. The molecule has 0 aliphatic carbocycles. The van der Waals surface area contributed by atoms with E-state index in [-0.39, 0.29) is 5.56 Å². The summed E-state index contributed by atoms with van der Waals surface area (Å²) in [4.78, 5) is 11.9. The van der Waals surface area contributed by atoms with Crippen molar-refractivity contribution in [2.75, 3.05) is 0 Å². The molecule has 23 heavy (non-hydrogen) atoms. The lowest BCUT2D eigenvalue weighted by Gasteiger charge is -2.23. The van der Waals surface area contributed by atoms with E-state index in [9.17, 15) is 23.1 Å².